The molecule has 3 aromatic rings. The molecule has 1 saturated heterocycles. The van der Waals surface area contributed by atoms with E-state index in [1.54, 1.807) is 11.6 Å². The number of nitrogens with zero attached hydrogens (tertiary/aromatic N) is 5. The molecule has 206 valence electrons. The molecule has 0 unspecified atom stereocenters. The smallest absolute Gasteiger partial charge is 0.272 e. The van der Waals surface area contributed by atoms with Crippen LogP contribution in [0.25, 0.3) is 0 Å². The number of aromatic nitrogens is 2. The highest BCUT2D eigenvalue weighted by Gasteiger charge is 2.37. The van der Waals surface area contributed by atoms with Crippen LogP contribution in [0.4, 0.5) is 5.69 Å². The molecule has 0 spiro atoms. The van der Waals surface area contributed by atoms with Gasteiger partial charge in [-0.15, -0.1) is 0 Å². The summed E-state index contributed by atoms with van der Waals surface area (Å²) in [5.41, 5.74) is 4.74. The summed E-state index contributed by atoms with van der Waals surface area (Å²) in [7, 11) is 1.86. The number of fused-ring (bicyclic) bond motifs is 3. The van der Waals surface area contributed by atoms with Gasteiger partial charge in [-0.05, 0) is 54.9 Å². The molecule has 0 aliphatic carbocycles. The van der Waals surface area contributed by atoms with Gasteiger partial charge >= 0.3 is 0 Å². The molecule has 2 aliphatic heterocycles. The van der Waals surface area contributed by atoms with Gasteiger partial charge in [0, 0.05) is 57.9 Å². The lowest BCUT2D eigenvalue weighted by molar-refractivity contribution is -0.116. The molecule has 7 heteroatoms. The maximum atomic E-state index is 14.2. The highest BCUT2D eigenvalue weighted by molar-refractivity contribution is 5.94. The van der Waals surface area contributed by atoms with Crippen molar-refractivity contribution >= 4 is 17.5 Å². The zero-order valence-corrected chi connectivity index (χ0v) is 23.7. The summed E-state index contributed by atoms with van der Waals surface area (Å²) in [6, 6.07) is 21.2. The van der Waals surface area contributed by atoms with E-state index in [9.17, 15) is 9.59 Å². The summed E-state index contributed by atoms with van der Waals surface area (Å²) in [5, 5.41) is 4.66. The van der Waals surface area contributed by atoms with Crippen LogP contribution in [0.5, 0.6) is 0 Å². The molecule has 0 radical (unpaired) electrons. The molecule has 1 fully saturated rings. The van der Waals surface area contributed by atoms with E-state index < -0.39 is 0 Å². The zero-order chi connectivity index (χ0) is 27.5. The Morgan fingerprint density at radius 2 is 1.69 bits per heavy atom. The molecule has 0 N–H and O–H groups in total. The molecule has 1 aromatic heterocycles. The second kappa shape index (κ2) is 11.7. The second-order valence-corrected chi connectivity index (χ2v) is 11.6. The fraction of sp³-hybridized carbons (Fsp3) is 0.469. The van der Waals surface area contributed by atoms with Crippen LogP contribution in [0.2, 0.25) is 0 Å². The third kappa shape index (κ3) is 6.09. The summed E-state index contributed by atoms with van der Waals surface area (Å²) < 4.78 is 1.73. The quantitative estimate of drug-likeness (QED) is 0.466. The first-order chi connectivity index (χ1) is 18.8. The van der Waals surface area contributed by atoms with E-state index in [2.05, 4.69) is 60.2 Å². The molecule has 0 saturated carbocycles. The van der Waals surface area contributed by atoms with Crippen molar-refractivity contribution in [2.75, 3.05) is 18.0 Å². The minimum atomic E-state index is -0.00783. The van der Waals surface area contributed by atoms with Gasteiger partial charge < -0.3 is 9.80 Å². The van der Waals surface area contributed by atoms with Crippen molar-refractivity contribution in [3.63, 3.8) is 0 Å². The average Bonchev–Trinajstić information content (AvgIpc) is 3.45. The summed E-state index contributed by atoms with van der Waals surface area (Å²) in [6.07, 6.45) is 3.85. The summed E-state index contributed by atoms with van der Waals surface area (Å²) >= 11 is 0. The van der Waals surface area contributed by atoms with E-state index in [4.69, 9.17) is 0 Å². The van der Waals surface area contributed by atoms with Crippen LogP contribution in [-0.2, 0) is 31.4 Å². The SMILES string of the molecule is CC(=O)N1CC[C@@H]2CC[C@H](CN(C(=O)c3cc(CC(C)C)nn3C)Cc3ccccc31)N2Cc1ccccc1. The average molecular weight is 528 g/mol. The van der Waals surface area contributed by atoms with Crippen LogP contribution in [0.3, 0.4) is 0 Å². The molecule has 2 bridgehead atoms. The molecule has 2 atom stereocenters. The van der Waals surface area contributed by atoms with Gasteiger partial charge in [-0.1, -0.05) is 62.4 Å². The van der Waals surface area contributed by atoms with Gasteiger partial charge in [-0.2, -0.15) is 5.10 Å². The largest absolute Gasteiger partial charge is 0.331 e. The van der Waals surface area contributed by atoms with E-state index in [0.29, 0.717) is 37.3 Å². The Morgan fingerprint density at radius 1 is 0.974 bits per heavy atom. The van der Waals surface area contributed by atoms with Gasteiger partial charge in [-0.3, -0.25) is 19.2 Å². The predicted octanol–water partition coefficient (Wildman–Crippen LogP) is 5.05. The van der Waals surface area contributed by atoms with Gasteiger partial charge in [-0.25, -0.2) is 0 Å². The van der Waals surface area contributed by atoms with Gasteiger partial charge in [0.15, 0.2) is 0 Å². The van der Waals surface area contributed by atoms with Crippen molar-refractivity contribution in [1.29, 1.82) is 0 Å². The highest BCUT2D eigenvalue weighted by Crippen LogP contribution is 2.33. The Hall–Kier alpha value is -3.45. The number of carbonyl (C=O) groups is 2. The number of benzene rings is 2. The summed E-state index contributed by atoms with van der Waals surface area (Å²) in [6.45, 7) is 8.58. The maximum absolute atomic E-state index is 14.2. The lowest BCUT2D eigenvalue weighted by Gasteiger charge is -2.34. The van der Waals surface area contributed by atoms with Crippen molar-refractivity contribution in [2.45, 2.75) is 71.6 Å². The Bertz CT molecular complexity index is 1300. The number of hydrogen-bond acceptors (Lipinski definition) is 4. The molecule has 3 heterocycles. The molecule has 2 aliphatic rings. The van der Waals surface area contributed by atoms with Crippen molar-refractivity contribution in [2.24, 2.45) is 13.0 Å². The molecule has 2 amide bonds. The summed E-state index contributed by atoms with van der Waals surface area (Å²) in [5.74, 6) is 0.493. The molecular weight excluding hydrogens is 486 g/mol. The second-order valence-electron chi connectivity index (χ2n) is 11.6. The first kappa shape index (κ1) is 27.1. The van der Waals surface area contributed by atoms with Gasteiger partial charge in [0.2, 0.25) is 5.91 Å². The number of amides is 2. The van der Waals surface area contributed by atoms with Crippen molar-refractivity contribution in [1.82, 2.24) is 19.6 Å². The van der Waals surface area contributed by atoms with Gasteiger partial charge in [0.25, 0.3) is 5.91 Å². The Morgan fingerprint density at radius 3 is 2.44 bits per heavy atom. The van der Waals surface area contributed by atoms with Crippen LogP contribution in [-0.4, -0.2) is 56.6 Å². The first-order valence-corrected chi connectivity index (χ1v) is 14.3. The third-order valence-electron chi connectivity index (χ3n) is 8.17. The topological polar surface area (TPSA) is 61.7 Å². The number of anilines is 1. The fourth-order valence-corrected chi connectivity index (χ4v) is 6.29. The standard InChI is InChI=1S/C32H41N5O2/c1-23(2)18-27-19-31(34(4)33-27)32(39)35-21-26-12-8-9-13-30(26)36(24(3)38)17-16-28-14-15-29(22-35)37(28)20-25-10-6-5-7-11-25/h5-13,19,23,28-29H,14-18,20-22H2,1-4H3/t28-,29+/m0/s1. The van der Waals surface area contributed by atoms with Crippen LogP contribution in [0.1, 0.15) is 67.3 Å². The predicted molar refractivity (Wildman–Crippen MR) is 154 cm³/mol. The Labute approximate surface area is 232 Å². The van der Waals surface area contributed by atoms with E-state index in [1.807, 2.05) is 41.1 Å². The Kier molecular flexibility index (Phi) is 8.17. The van der Waals surface area contributed by atoms with Crippen molar-refractivity contribution in [3.05, 3.63) is 83.2 Å². The third-order valence-corrected chi connectivity index (χ3v) is 8.17. The summed E-state index contributed by atoms with van der Waals surface area (Å²) in [4.78, 5) is 33.6. The van der Waals surface area contributed by atoms with Crippen LogP contribution in [0.15, 0.2) is 60.7 Å². The first-order valence-electron chi connectivity index (χ1n) is 14.3. The number of aryl methyl sites for hydroxylation is 1. The molecule has 2 aromatic carbocycles. The number of hydrogen-bond donors (Lipinski definition) is 0. The highest BCUT2D eigenvalue weighted by atomic mass is 16.2. The number of carbonyl (C=O) groups excluding carboxylic acids is 2. The lowest BCUT2D eigenvalue weighted by Crippen LogP contribution is -2.45. The number of rotatable bonds is 5. The Balaban J connectivity index is 1.53. The van der Waals surface area contributed by atoms with Crippen molar-refractivity contribution < 1.29 is 9.59 Å². The van der Waals surface area contributed by atoms with Gasteiger partial charge in [0.1, 0.15) is 5.69 Å². The van der Waals surface area contributed by atoms with E-state index in [0.717, 1.165) is 49.2 Å². The van der Waals surface area contributed by atoms with E-state index in [-0.39, 0.29) is 17.9 Å². The lowest BCUT2D eigenvalue weighted by atomic mass is 10.1. The minimum Gasteiger partial charge on any atom is -0.331 e. The van der Waals surface area contributed by atoms with Crippen LogP contribution in [0, 0.1) is 5.92 Å². The normalized spacial score (nSPS) is 20.1. The van der Waals surface area contributed by atoms with Crippen LogP contribution >= 0.6 is 0 Å². The monoisotopic (exact) mass is 527 g/mol. The van der Waals surface area contributed by atoms with Gasteiger partial charge in [0.05, 0.1) is 5.69 Å². The molecule has 5 rings (SSSR count). The van der Waals surface area contributed by atoms with Crippen molar-refractivity contribution in [3.8, 4) is 0 Å². The fourth-order valence-electron chi connectivity index (χ4n) is 6.29. The minimum absolute atomic E-state index is 0.00783. The maximum Gasteiger partial charge on any atom is 0.272 e. The van der Waals surface area contributed by atoms with E-state index in [1.165, 1.54) is 5.56 Å². The van der Waals surface area contributed by atoms with E-state index >= 15 is 0 Å². The molecule has 7 nitrogen and oxygen atoms in total. The molecular formula is C32H41N5O2. The van der Waals surface area contributed by atoms with Crippen LogP contribution < -0.4 is 4.90 Å². The zero-order valence-electron chi connectivity index (χ0n) is 23.7. The molecule has 39 heavy (non-hydrogen) atoms. The number of para-hydroxylation sites is 1.